The topological polar surface area (TPSA) is 72.9 Å². The van der Waals surface area contributed by atoms with Gasteiger partial charge >= 0.3 is 16.3 Å². The third-order valence-corrected chi connectivity index (χ3v) is 7.04. The highest BCUT2D eigenvalue weighted by Gasteiger charge is 2.32. The van der Waals surface area contributed by atoms with E-state index in [4.69, 9.17) is 8.92 Å². The molecule has 0 aliphatic rings. The van der Waals surface area contributed by atoms with Crippen LogP contribution in [0, 0.1) is 0 Å². The van der Waals surface area contributed by atoms with Crippen molar-refractivity contribution >= 4 is 26.8 Å². The number of amides is 1. The van der Waals surface area contributed by atoms with Crippen molar-refractivity contribution in [1.29, 1.82) is 0 Å². The van der Waals surface area contributed by atoms with Gasteiger partial charge in [0.2, 0.25) is 0 Å². The first-order chi connectivity index (χ1) is 18.1. The molecule has 0 saturated carbocycles. The van der Waals surface area contributed by atoms with Crippen LogP contribution in [-0.2, 0) is 27.6 Å². The molecule has 0 heterocycles. The van der Waals surface area contributed by atoms with Gasteiger partial charge in [-0.05, 0) is 58.8 Å². The van der Waals surface area contributed by atoms with Gasteiger partial charge in [-0.1, -0.05) is 48.5 Å². The first kappa shape index (κ1) is 27.2. The molecular weight excluding hydrogens is 519 g/mol. The minimum atomic E-state index is -4.69. The number of rotatable bonds is 9. The lowest BCUT2D eigenvalue weighted by atomic mass is 10.1. The van der Waals surface area contributed by atoms with E-state index in [0.717, 1.165) is 29.0 Å². The summed E-state index contributed by atoms with van der Waals surface area (Å²) in [5.74, 6) is -0.268. The smallest absolute Gasteiger partial charge is 0.383 e. The summed E-state index contributed by atoms with van der Waals surface area (Å²) in [6, 6.07) is 22.5. The zero-order valence-electron chi connectivity index (χ0n) is 20.3. The maximum absolute atomic E-state index is 13.3. The summed E-state index contributed by atoms with van der Waals surface area (Å²) in [5.41, 5.74) is 0.121. The molecule has 0 atom stereocenters. The molecule has 0 fully saturated rings. The van der Waals surface area contributed by atoms with Crippen molar-refractivity contribution in [1.82, 2.24) is 4.90 Å². The predicted octanol–water partition coefficient (Wildman–Crippen LogP) is 5.92. The van der Waals surface area contributed by atoms with E-state index in [0.29, 0.717) is 30.3 Å². The zero-order valence-corrected chi connectivity index (χ0v) is 21.1. The molecule has 0 aromatic heterocycles. The lowest BCUT2D eigenvalue weighted by molar-refractivity contribution is -0.137. The number of hydrogen-bond acceptors (Lipinski definition) is 5. The Kier molecular flexibility index (Phi) is 8.03. The van der Waals surface area contributed by atoms with Crippen molar-refractivity contribution in [3.05, 3.63) is 108 Å². The maximum atomic E-state index is 13.3. The number of alkyl halides is 3. The molecular formula is C28H24F3NO5S. The van der Waals surface area contributed by atoms with E-state index in [2.05, 4.69) is 0 Å². The first-order valence-corrected chi connectivity index (χ1v) is 13.0. The lowest BCUT2D eigenvalue weighted by Gasteiger charge is -2.23. The minimum absolute atomic E-state index is 0.0736. The van der Waals surface area contributed by atoms with Crippen LogP contribution < -0.4 is 4.18 Å². The Bertz CT molecular complexity index is 1540. The highest BCUT2D eigenvalue weighted by molar-refractivity contribution is 7.87. The van der Waals surface area contributed by atoms with E-state index in [-0.39, 0.29) is 18.2 Å². The molecule has 1 amide bonds. The number of hydrogen-bond donors (Lipinski definition) is 0. The van der Waals surface area contributed by atoms with Crippen LogP contribution in [0.2, 0.25) is 0 Å². The van der Waals surface area contributed by atoms with Gasteiger partial charge in [-0.15, -0.1) is 0 Å². The fraction of sp³-hybridized carbons (Fsp3) is 0.179. The fourth-order valence-corrected chi connectivity index (χ4v) is 4.81. The average molecular weight is 544 g/mol. The third-order valence-electron chi connectivity index (χ3n) is 5.80. The number of fused-ring (bicyclic) bond motifs is 1. The van der Waals surface area contributed by atoms with Crippen molar-refractivity contribution in [2.75, 3.05) is 20.3 Å². The van der Waals surface area contributed by atoms with Crippen molar-refractivity contribution in [2.24, 2.45) is 0 Å². The Hall–Kier alpha value is -3.89. The van der Waals surface area contributed by atoms with Gasteiger partial charge in [0.15, 0.2) is 0 Å². The summed E-state index contributed by atoms with van der Waals surface area (Å²) in [6.45, 7) is 0.857. The highest BCUT2D eigenvalue weighted by Crippen LogP contribution is 2.31. The van der Waals surface area contributed by atoms with Gasteiger partial charge in [0.05, 0.1) is 12.2 Å². The SMILES string of the molecule is COCCN(Cc1ccc(OS(=O)(=O)c2cccc(C(F)(F)F)c2)cc1)C(=O)c1ccc2ccccc2c1. The van der Waals surface area contributed by atoms with Crippen LogP contribution in [0.1, 0.15) is 21.5 Å². The molecule has 38 heavy (non-hydrogen) atoms. The van der Waals surface area contributed by atoms with Crippen molar-refractivity contribution in [2.45, 2.75) is 17.6 Å². The molecule has 10 heteroatoms. The summed E-state index contributed by atoms with van der Waals surface area (Å²) in [5, 5.41) is 1.96. The van der Waals surface area contributed by atoms with Crippen molar-refractivity contribution < 1.29 is 35.3 Å². The second kappa shape index (κ2) is 11.2. The Morgan fingerprint density at radius 1 is 0.868 bits per heavy atom. The fourth-order valence-electron chi connectivity index (χ4n) is 3.83. The lowest BCUT2D eigenvalue weighted by Crippen LogP contribution is -2.33. The summed E-state index contributed by atoms with van der Waals surface area (Å²) >= 11 is 0. The summed E-state index contributed by atoms with van der Waals surface area (Å²) in [4.78, 5) is 14.3. The van der Waals surface area contributed by atoms with Gasteiger partial charge in [0.1, 0.15) is 10.6 Å². The van der Waals surface area contributed by atoms with Crippen molar-refractivity contribution in [3.63, 3.8) is 0 Å². The molecule has 0 aliphatic carbocycles. The predicted molar refractivity (Wildman–Crippen MR) is 136 cm³/mol. The number of methoxy groups -OCH3 is 1. The number of halogens is 3. The van der Waals surface area contributed by atoms with E-state index in [1.54, 1.807) is 23.1 Å². The Balaban J connectivity index is 1.50. The van der Waals surface area contributed by atoms with Crippen LogP contribution in [0.4, 0.5) is 13.2 Å². The molecule has 4 aromatic rings. The first-order valence-electron chi connectivity index (χ1n) is 11.5. The van der Waals surface area contributed by atoms with E-state index in [1.165, 1.54) is 19.2 Å². The molecule has 0 aliphatic heterocycles. The quantitative estimate of drug-likeness (QED) is 0.245. The Morgan fingerprint density at radius 2 is 1.58 bits per heavy atom. The van der Waals surface area contributed by atoms with E-state index in [1.807, 2.05) is 36.4 Å². The number of ether oxygens (including phenoxy) is 1. The van der Waals surface area contributed by atoms with Crippen LogP contribution in [0.5, 0.6) is 5.75 Å². The second-order valence-corrected chi connectivity index (χ2v) is 10.0. The van der Waals surface area contributed by atoms with E-state index in [9.17, 15) is 26.4 Å². The average Bonchev–Trinajstić information content (AvgIpc) is 2.90. The maximum Gasteiger partial charge on any atom is 0.416 e. The van der Waals surface area contributed by atoms with Crippen LogP contribution >= 0.6 is 0 Å². The highest BCUT2D eigenvalue weighted by atomic mass is 32.2. The normalized spacial score (nSPS) is 11.9. The molecule has 0 bridgehead atoms. The van der Waals surface area contributed by atoms with E-state index < -0.39 is 26.8 Å². The number of carbonyl (C=O) groups is 1. The summed E-state index contributed by atoms with van der Waals surface area (Å²) < 4.78 is 74.2. The van der Waals surface area contributed by atoms with Crippen LogP contribution in [0.15, 0.2) is 95.9 Å². The molecule has 6 nitrogen and oxygen atoms in total. The number of benzene rings is 4. The molecule has 0 saturated heterocycles. The molecule has 0 spiro atoms. The van der Waals surface area contributed by atoms with Gasteiger partial charge in [0, 0.05) is 25.8 Å². The van der Waals surface area contributed by atoms with Gasteiger partial charge in [-0.25, -0.2) is 0 Å². The van der Waals surface area contributed by atoms with Gasteiger partial charge in [-0.2, -0.15) is 21.6 Å². The minimum Gasteiger partial charge on any atom is -0.383 e. The molecule has 4 rings (SSSR count). The molecule has 4 aromatic carbocycles. The van der Waals surface area contributed by atoms with Crippen LogP contribution in [0.3, 0.4) is 0 Å². The summed E-state index contributed by atoms with van der Waals surface area (Å²) in [7, 11) is -2.96. The Morgan fingerprint density at radius 3 is 2.26 bits per heavy atom. The van der Waals surface area contributed by atoms with Crippen LogP contribution in [0.25, 0.3) is 10.8 Å². The summed E-state index contributed by atoms with van der Waals surface area (Å²) in [6.07, 6.45) is -4.69. The molecule has 0 unspecified atom stereocenters. The van der Waals surface area contributed by atoms with Crippen LogP contribution in [-0.4, -0.2) is 39.5 Å². The van der Waals surface area contributed by atoms with Gasteiger partial charge in [0.25, 0.3) is 5.91 Å². The number of carbonyl (C=O) groups excluding carboxylic acids is 1. The Labute approximate surface area is 218 Å². The number of nitrogens with zero attached hydrogens (tertiary/aromatic N) is 1. The standard InChI is InChI=1S/C28H24F3NO5S/c1-36-16-15-32(27(33)23-12-11-21-5-2-3-6-22(21)17-23)19-20-9-13-25(14-10-20)37-38(34,35)26-8-4-7-24(18-26)28(29,30)31/h2-14,17-18H,15-16,19H2,1H3. The largest absolute Gasteiger partial charge is 0.416 e. The van der Waals surface area contributed by atoms with E-state index >= 15 is 0 Å². The molecule has 198 valence electrons. The third kappa shape index (κ3) is 6.51. The van der Waals surface area contributed by atoms with Gasteiger partial charge in [-0.3, -0.25) is 4.79 Å². The zero-order chi connectivity index (χ0) is 27.3. The van der Waals surface area contributed by atoms with Crippen molar-refractivity contribution in [3.8, 4) is 5.75 Å². The monoisotopic (exact) mass is 543 g/mol. The second-order valence-electron chi connectivity index (χ2n) is 8.49. The van der Waals surface area contributed by atoms with Gasteiger partial charge < -0.3 is 13.8 Å². The molecule has 0 radical (unpaired) electrons. The molecule has 0 N–H and O–H groups in total.